The molecule has 0 saturated heterocycles. The monoisotopic (exact) mass is 334 g/mol. The Hall–Kier alpha value is 2.02. The third kappa shape index (κ3) is 10.3. The summed E-state index contributed by atoms with van der Waals surface area (Å²) in [6, 6.07) is 0. The maximum atomic E-state index is 6.00. The van der Waals surface area contributed by atoms with Crippen LogP contribution in [0.5, 0.6) is 0 Å². The molecule has 0 aliphatic rings. The second-order valence-corrected chi connectivity index (χ2v) is 23.0. The van der Waals surface area contributed by atoms with Crippen LogP contribution >= 0.6 is 55.4 Å². The van der Waals surface area contributed by atoms with Crippen molar-refractivity contribution >= 4 is 76.8 Å². The molecule has 0 aromatic heterocycles. The molecule has 13 heavy (non-hydrogen) atoms. The van der Waals surface area contributed by atoms with Gasteiger partial charge in [0.1, 0.15) is 8.24 Å². The first-order chi connectivity index (χ1) is 5.41. The van der Waals surface area contributed by atoms with Gasteiger partial charge in [-0.3, -0.25) is 4.65 Å². The molecule has 10 heteroatoms. The van der Waals surface area contributed by atoms with E-state index in [1.165, 1.54) is 0 Å². The lowest BCUT2D eigenvalue weighted by Gasteiger charge is -2.29. The summed E-state index contributed by atoms with van der Waals surface area (Å²) in [5.41, 5.74) is 0. The zero-order chi connectivity index (χ0) is 10.9. The average Bonchev–Trinajstić information content (AvgIpc) is 1.43. The minimum absolute atomic E-state index is 1.56. The third-order valence-electron chi connectivity index (χ3n) is 0.831. The Labute approximate surface area is 105 Å². The number of rotatable bonds is 4. The van der Waals surface area contributed by atoms with Crippen LogP contribution in [-0.4, -0.2) is 21.4 Å². The van der Waals surface area contributed by atoms with Gasteiger partial charge in [-0.05, 0) is 0 Å². The fourth-order valence-electron chi connectivity index (χ4n) is 0.680. The molecule has 0 rings (SSSR count). The predicted molar refractivity (Wildman–Crippen MR) is 70.4 cm³/mol. The molecule has 2 nitrogen and oxygen atoms in total. The summed E-state index contributed by atoms with van der Waals surface area (Å²) in [4.78, 5) is 0. The first-order valence-electron chi connectivity index (χ1n) is 3.44. The quantitative estimate of drug-likeness (QED) is 0.609. The molecule has 0 aromatic rings. The molecule has 0 heterocycles. The van der Waals surface area contributed by atoms with Crippen LogP contribution in [0.4, 0.5) is 0 Å². The lowest BCUT2D eigenvalue weighted by molar-refractivity contribution is 1.31. The minimum atomic E-state index is -2.97. The van der Waals surface area contributed by atoms with Crippen molar-refractivity contribution in [3.8, 4) is 0 Å². The normalized spacial score (nSPS) is 14.8. The highest BCUT2D eigenvalue weighted by atomic mass is 35.8. The van der Waals surface area contributed by atoms with Crippen LogP contribution in [0, 0.1) is 0 Å². The first kappa shape index (κ1) is 15.0. The maximum absolute atomic E-state index is 6.00. The Bertz CT molecular complexity index is 157. The molecule has 0 amide bonds. The Morgan fingerprint density at radius 1 is 0.769 bits per heavy atom. The van der Waals surface area contributed by atoms with E-state index in [1.807, 2.05) is 0 Å². The number of hydrogen-bond donors (Lipinski definition) is 2. The van der Waals surface area contributed by atoms with Crippen molar-refractivity contribution in [3.63, 3.8) is 0 Å². The summed E-state index contributed by atoms with van der Waals surface area (Å²) in [6.07, 6.45) is -2.97. The van der Waals surface area contributed by atoms with E-state index in [2.05, 4.69) is 28.9 Å². The van der Waals surface area contributed by atoms with Crippen molar-refractivity contribution in [1.29, 1.82) is 0 Å². The van der Waals surface area contributed by atoms with Gasteiger partial charge in [0.15, 0.2) is 0 Å². The van der Waals surface area contributed by atoms with Crippen LogP contribution in [0.15, 0.2) is 0 Å². The van der Waals surface area contributed by atoms with E-state index in [4.69, 9.17) is 55.4 Å². The van der Waals surface area contributed by atoms with Crippen molar-refractivity contribution in [2.24, 2.45) is 0 Å². The number of nitrogens with one attached hydrogen (secondary N) is 2. The fourth-order valence-corrected chi connectivity index (χ4v) is 20.8. The Kier molecular flexibility index (Phi) is 5.66. The number of halogens is 5. The van der Waals surface area contributed by atoms with Crippen molar-refractivity contribution in [1.82, 2.24) is 9.30 Å². The zero-order valence-corrected chi connectivity index (χ0v) is 14.2. The molecule has 2 N–H and O–H groups in total. The van der Waals surface area contributed by atoms with Gasteiger partial charge in [-0.15, -0.1) is 55.4 Å². The molecule has 0 aliphatic heterocycles. The Balaban J connectivity index is 4.25. The van der Waals surface area contributed by atoms with Gasteiger partial charge < -0.3 is 4.65 Å². The maximum Gasteiger partial charge on any atom is 0.417 e. The van der Waals surface area contributed by atoms with Gasteiger partial charge in [0.25, 0.3) is 0 Å². The topological polar surface area (TPSA) is 24.1 Å². The largest absolute Gasteiger partial charge is 0.417 e. The first-order valence-corrected chi connectivity index (χ1v) is 16.0. The molecule has 0 aliphatic carbocycles. The van der Waals surface area contributed by atoms with Crippen molar-refractivity contribution in [2.45, 2.75) is 19.6 Å². The van der Waals surface area contributed by atoms with E-state index in [0.717, 1.165) is 0 Å². The van der Waals surface area contributed by atoms with Crippen LogP contribution in [0.25, 0.3) is 0 Å². The van der Waals surface area contributed by atoms with Gasteiger partial charge in [0.2, 0.25) is 0 Å². The number of hydrogen-bond acceptors (Lipinski definition) is 2. The van der Waals surface area contributed by atoms with Gasteiger partial charge in [0.05, 0.1) is 0 Å². The van der Waals surface area contributed by atoms with Crippen LogP contribution < -0.4 is 9.30 Å². The lowest BCUT2D eigenvalue weighted by atomic mass is 11.8. The molecule has 0 bridgehead atoms. The molecule has 0 unspecified atom stereocenters. The Morgan fingerprint density at radius 2 is 1.15 bits per heavy atom. The summed E-state index contributed by atoms with van der Waals surface area (Å²) >= 11 is 28.9. The van der Waals surface area contributed by atoms with Crippen molar-refractivity contribution in [2.75, 3.05) is 0 Å². The van der Waals surface area contributed by atoms with E-state index in [0.29, 0.717) is 0 Å². The Morgan fingerprint density at radius 3 is 1.38 bits per heavy atom. The van der Waals surface area contributed by atoms with E-state index in [-0.39, 0.29) is 0 Å². The fraction of sp³-hybridized carbons (Fsp3) is 1.00. The van der Waals surface area contributed by atoms with Crippen molar-refractivity contribution in [3.05, 3.63) is 0 Å². The van der Waals surface area contributed by atoms with E-state index < -0.39 is 21.4 Å². The molecule has 0 radical (unpaired) electrons. The minimum Gasteiger partial charge on any atom is -0.323 e. The molecule has 80 valence electrons. The van der Waals surface area contributed by atoms with E-state index >= 15 is 0 Å². The van der Waals surface area contributed by atoms with Gasteiger partial charge >= 0.3 is 13.2 Å². The molecule has 0 fully saturated rings. The highest BCUT2D eigenvalue weighted by Gasteiger charge is 2.42. The van der Waals surface area contributed by atoms with E-state index in [9.17, 15) is 0 Å². The summed E-state index contributed by atoms with van der Waals surface area (Å²) in [6.45, 7) is 6.21. The summed E-state index contributed by atoms with van der Waals surface area (Å²) in [7, 11) is -4.36. The van der Waals surface area contributed by atoms with Crippen molar-refractivity contribution < 1.29 is 0 Å². The van der Waals surface area contributed by atoms with Gasteiger partial charge in [-0.2, -0.15) is 0 Å². The van der Waals surface area contributed by atoms with Crippen LogP contribution in [0.2, 0.25) is 19.6 Å². The van der Waals surface area contributed by atoms with Crippen LogP contribution in [0.1, 0.15) is 0 Å². The molecule has 0 saturated carbocycles. The van der Waals surface area contributed by atoms with Crippen LogP contribution in [-0.2, 0) is 0 Å². The molecular formula is C3H11Cl5N2Si3. The van der Waals surface area contributed by atoms with Gasteiger partial charge in [-0.1, -0.05) is 19.6 Å². The standard InChI is InChI=1S/C3H11Cl5N2Si3/c1-11(2,3)9-13(7,8)10-12(4,5)6/h9-10H,1-3H3. The molecule has 0 aromatic carbocycles. The second-order valence-electron chi connectivity index (χ2n) is 3.57. The summed E-state index contributed by atoms with van der Waals surface area (Å²) < 4.78 is 5.81. The highest BCUT2D eigenvalue weighted by molar-refractivity contribution is 7.67. The SMILES string of the molecule is C[Si](C)(C)N[Si](Cl)(Cl)N[Si](Cl)(Cl)Cl. The average molecular weight is 337 g/mol. The van der Waals surface area contributed by atoms with Gasteiger partial charge in [0, 0.05) is 0 Å². The third-order valence-corrected chi connectivity index (χ3v) is 13.4. The smallest absolute Gasteiger partial charge is 0.323 e. The predicted octanol–water partition coefficient (Wildman–Crippen LogP) is 3.07. The van der Waals surface area contributed by atoms with Crippen LogP contribution in [0.3, 0.4) is 0 Å². The highest BCUT2D eigenvalue weighted by Crippen LogP contribution is 2.22. The molecular weight excluding hydrogens is 326 g/mol. The summed E-state index contributed by atoms with van der Waals surface area (Å²) in [5.74, 6) is 0. The lowest BCUT2D eigenvalue weighted by Crippen LogP contribution is -2.66. The molecule has 0 spiro atoms. The van der Waals surface area contributed by atoms with Gasteiger partial charge in [-0.25, -0.2) is 0 Å². The summed E-state index contributed by atoms with van der Waals surface area (Å²) in [5, 5.41) is 0. The zero-order valence-electron chi connectivity index (χ0n) is 7.39. The second kappa shape index (κ2) is 4.90. The molecule has 0 atom stereocenters. The van der Waals surface area contributed by atoms with E-state index in [1.54, 1.807) is 0 Å².